The molecular weight excluding hydrogens is 349 g/mol. The number of halogens is 1. The minimum Gasteiger partial charge on any atom is -0.339 e. The van der Waals surface area contributed by atoms with Crippen molar-refractivity contribution in [3.63, 3.8) is 0 Å². The number of unbranched alkanes of at least 4 members (excludes halogenated alkanes) is 2. The second kappa shape index (κ2) is 8.36. The van der Waals surface area contributed by atoms with E-state index in [1.54, 1.807) is 6.07 Å². The maximum Gasteiger partial charge on any atom is 0.138 e. The second-order valence-electron chi connectivity index (χ2n) is 7.16. The largest absolute Gasteiger partial charge is 0.339 e. The fourth-order valence-corrected chi connectivity index (χ4v) is 3.53. The zero-order valence-electron chi connectivity index (χ0n) is 15.8. The third kappa shape index (κ3) is 4.12. The van der Waals surface area contributed by atoms with Gasteiger partial charge in [-0.05, 0) is 72.8 Å². The molecule has 0 unspecified atom stereocenters. The lowest BCUT2D eigenvalue weighted by Crippen LogP contribution is -1.98. The molecule has 3 nitrogen and oxygen atoms in total. The molecule has 0 saturated heterocycles. The molecule has 0 aliphatic carbocycles. The van der Waals surface area contributed by atoms with Crippen molar-refractivity contribution >= 4 is 34.1 Å². The summed E-state index contributed by atoms with van der Waals surface area (Å²) in [5.41, 5.74) is 10.7. The lowest BCUT2D eigenvalue weighted by Gasteiger charge is -2.01. The number of rotatable bonds is 7. The van der Waals surface area contributed by atoms with Crippen molar-refractivity contribution in [2.75, 3.05) is 6.54 Å². The number of nitrogens with zero attached hydrogens (tertiary/aromatic N) is 1. The smallest absolute Gasteiger partial charge is 0.138 e. The van der Waals surface area contributed by atoms with Crippen LogP contribution < -0.4 is 5.73 Å². The van der Waals surface area contributed by atoms with Crippen molar-refractivity contribution in [1.82, 2.24) is 9.97 Å². The molecule has 0 fully saturated rings. The highest BCUT2D eigenvalue weighted by atomic mass is 19.1. The minimum absolute atomic E-state index is 0.223. The first kappa shape index (κ1) is 18.4. The molecule has 0 spiro atoms. The molecule has 2 aromatic carbocycles. The molecule has 3 N–H and O–H groups in total. The average Bonchev–Trinajstić information content (AvgIpc) is 3.07. The number of aryl methyl sites for hydroxylation is 1. The van der Waals surface area contributed by atoms with Gasteiger partial charge in [-0.2, -0.15) is 0 Å². The van der Waals surface area contributed by atoms with Crippen molar-refractivity contribution in [2.45, 2.75) is 25.7 Å². The van der Waals surface area contributed by atoms with E-state index in [-0.39, 0.29) is 5.82 Å². The topological polar surface area (TPSA) is 54.7 Å². The molecule has 0 atom stereocenters. The first-order valence-corrected chi connectivity index (χ1v) is 9.77. The molecule has 4 aromatic rings. The SMILES string of the molecule is NCCCCCc1cnc2[nH]c3ccc(C=Cc4cccc(F)c4)cc3c2c1. The first-order chi connectivity index (χ1) is 13.7. The monoisotopic (exact) mass is 373 g/mol. The van der Waals surface area contributed by atoms with Gasteiger partial charge in [-0.15, -0.1) is 0 Å². The number of aromatic nitrogens is 2. The standard InChI is InChI=1S/C24H24FN3/c25-20-7-4-6-17(13-20)8-9-18-10-11-23-21(14-18)22-15-19(5-2-1-3-12-26)16-27-24(22)28-23/h4,6-11,13-16H,1-3,5,12,26H2,(H,27,28). The summed E-state index contributed by atoms with van der Waals surface area (Å²) in [6.45, 7) is 0.756. The fraction of sp³-hybridized carbons (Fsp3) is 0.208. The van der Waals surface area contributed by atoms with Gasteiger partial charge in [-0.1, -0.05) is 36.8 Å². The van der Waals surface area contributed by atoms with Gasteiger partial charge < -0.3 is 10.7 Å². The van der Waals surface area contributed by atoms with Crippen LogP contribution in [0.2, 0.25) is 0 Å². The van der Waals surface area contributed by atoms with Crippen LogP contribution in [-0.4, -0.2) is 16.5 Å². The van der Waals surface area contributed by atoms with E-state index in [2.05, 4.69) is 34.2 Å². The quantitative estimate of drug-likeness (QED) is 0.323. The zero-order chi connectivity index (χ0) is 19.3. The molecule has 0 saturated carbocycles. The predicted molar refractivity (Wildman–Crippen MR) is 116 cm³/mol. The average molecular weight is 373 g/mol. The zero-order valence-corrected chi connectivity index (χ0v) is 15.8. The number of pyridine rings is 1. The van der Waals surface area contributed by atoms with Gasteiger partial charge in [-0.3, -0.25) is 0 Å². The first-order valence-electron chi connectivity index (χ1n) is 9.77. The van der Waals surface area contributed by atoms with Crippen LogP contribution in [0.3, 0.4) is 0 Å². The van der Waals surface area contributed by atoms with Crippen molar-refractivity contribution in [2.24, 2.45) is 5.73 Å². The molecule has 0 radical (unpaired) electrons. The highest BCUT2D eigenvalue weighted by Gasteiger charge is 2.07. The Morgan fingerprint density at radius 3 is 2.61 bits per heavy atom. The number of H-pyrrole nitrogens is 1. The fourth-order valence-electron chi connectivity index (χ4n) is 3.53. The summed E-state index contributed by atoms with van der Waals surface area (Å²) in [7, 11) is 0. The Labute approximate surface area is 164 Å². The summed E-state index contributed by atoms with van der Waals surface area (Å²) < 4.78 is 13.4. The molecular formula is C24H24FN3. The van der Waals surface area contributed by atoms with Gasteiger partial charge in [0.1, 0.15) is 11.5 Å². The van der Waals surface area contributed by atoms with Crippen LogP contribution in [0.1, 0.15) is 36.0 Å². The van der Waals surface area contributed by atoms with Gasteiger partial charge in [-0.25, -0.2) is 9.37 Å². The van der Waals surface area contributed by atoms with E-state index in [0.29, 0.717) is 0 Å². The summed E-state index contributed by atoms with van der Waals surface area (Å²) in [6.07, 6.45) is 10.3. The molecule has 4 heteroatoms. The van der Waals surface area contributed by atoms with E-state index in [9.17, 15) is 4.39 Å². The van der Waals surface area contributed by atoms with Gasteiger partial charge >= 0.3 is 0 Å². The minimum atomic E-state index is -0.223. The Hall–Kier alpha value is -2.98. The number of fused-ring (bicyclic) bond motifs is 3. The van der Waals surface area contributed by atoms with Gasteiger partial charge in [0.25, 0.3) is 0 Å². The third-order valence-electron chi connectivity index (χ3n) is 5.02. The molecule has 28 heavy (non-hydrogen) atoms. The molecule has 4 rings (SSSR count). The summed E-state index contributed by atoms with van der Waals surface area (Å²) in [5.74, 6) is -0.223. The number of hydrogen-bond donors (Lipinski definition) is 2. The van der Waals surface area contributed by atoms with Crippen molar-refractivity contribution < 1.29 is 4.39 Å². The summed E-state index contributed by atoms with van der Waals surface area (Å²) in [4.78, 5) is 8.00. The molecule has 2 aromatic heterocycles. The number of aromatic amines is 1. The molecule has 0 aliphatic rings. The Bertz CT molecular complexity index is 1130. The normalized spacial score (nSPS) is 11.8. The Balaban J connectivity index is 1.62. The molecule has 142 valence electrons. The molecule has 0 aliphatic heterocycles. The summed E-state index contributed by atoms with van der Waals surface area (Å²) in [6, 6.07) is 15.1. The third-order valence-corrected chi connectivity index (χ3v) is 5.02. The van der Waals surface area contributed by atoms with Gasteiger partial charge in [0.15, 0.2) is 0 Å². The maximum atomic E-state index is 13.4. The van der Waals surface area contributed by atoms with Gasteiger partial charge in [0, 0.05) is 22.5 Å². The highest BCUT2D eigenvalue weighted by molar-refractivity contribution is 6.06. The number of benzene rings is 2. The van der Waals surface area contributed by atoms with Crippen LogP contribution in [0.4, 0.5) is 4.39 Å². The summed E-state index contributed by atoms with van der Waals surface area (Å²) in [5, 5.41) is 2.31. The Kier molecular flexibility index (Phi) is 5.49. The molecule has 2 heterocycles. The highest BCUT2D eigenvalue weighted by Crippen LogP contribution is 2.27. The van der Waals surface area contributed by atoms with Crippen LogP contribution >= 0.6 is 0 Å². The Morgan fingerprint density at radius 2 is 1.79 bits per heavy atom. The Morgan fingerprint density at radius 1 is 0.929 bits per heavy atom. The molecule has 0 amide bonds. The van der Waals surface area contributed by atoms with Crippen LogP contribution in [0.25, 0.3) is 34.1 Å². The lowest BCUT2D eigenvalue weighted by atomic mass is 10.1. The van der Waals surface area contributed by atoms with Crippen LogP contribution in [0.15, 0.2) is 54.7 Å². The maximum absolute atomic E-state index is 13.4. The van der Waals surface area contributed by atoms with Crippen LogP contribution in [-0.2, 0) is 6.42 Å². The van der Waals surface area contributed by atoms with E-state index in [0.717, 1.165) is 65.3 Å². The number of nitrogens with two attached hydrogens (primary N) is 1. The molecule has 0 bridgehead atoms. The van der Waals surface area contributed by atoms with Crippen molar-refractivity contribution in [1.29, 1.82) is 0 Å². The van der Waals surface area contributed by atoms with Crippen LogP contribution in [0, 0.1) is 5.82 Å². The van der Waals surface area contributed by atoms with E-state index < -0.39 is 0 Å². The summed E-state index contributed by atoms with van der Waals surface area (Å²) >= 11 is 0. The van der Waals surface area contributed by atoms with Gasteiger partial charge in [0.2, 0.25) is 0 Å². The van der Waals surface area contributed by atoms with E-state index in [1.807, 2.05) is 24.4 Å². The van der Waals surface area contributed by atoms with Crippen molar-refractivity contribution in [3.8, 4) is 0 Å². The predicted octanol–water partition coefficient (Wildman–Crippen LogP) is 5.70. The van der Waals surface area contributed by atoms with Gasteiger partial charge in [0.05, 0.1) is 0 Å². The van der Waals surface area contributed by atoms with Crippen LogP contribution in [0.5, 0.6) is 0 Å². The second-order valence-corrected chi connectivity index (χ2v) is 7.16. The van der Waals surface area contributed by atoms with Crippen molar-refractivity contribution in [3.05, 3.63) is 77.2 Å². The van der Waals surface area contributed by atoms with E-state index in [4.69, 9.17) is 5.73 Å². The lowest BCUT2D eigenvalue weighted by molar-refractivity contribution is 0.627. The number of nitrogens with one attached hydrogen (secondary N) is 1. The van der Waals surface area contributed by atoms with E-state index in [1.165, 1.54) is 17.7 Å². The van der Waals surface area contributed by atoms with E-state index >= 15 is 0 Å². The number of hydrogen-bond acceptors (Lipinski definition) is 2.